The quantitative estimate of drug-likeness (QED) is 0.729. The number of hydrogen-bond donors (Lipinski definition) is 1. The van der Waals surface area contributed by atoms with Crippen LogP contribution in [-0.2, 0) is 4.74 Å². The minimum absolute atomic E-state index is 0.406. The van der Waals surface area contributed by atoms with E-state index in [1.807, 2.05) is 31.5 Å². The number of aromatic amines is 1. The maximum atomic E-state index is 11.0. The monoisotopic (exact) mass is 349 g/mol. The first-order valence-electron chi connectivity index (χ1n) is 8.51. The molecule has 0 amide bonds. The van der Waals surface area contributed by atoms with Crippen molar-refractivity contribution in [1.82, 2.24) is 19.9 Å². The van der Waals surface area contributed by atoms with Crippen molar-refractivity contribution >= 4 is 12.0 Å². The van der Waals surface area contributed by atoms with Crippen molar-refractivity contribution in [3.63, 3.8) is 0 Å². The number of carbonyl (C=O) groups is 1. The first kappa shape index (κ1) is 16.4. The highest BCUT2D eigenvalue weighted by atomic mass is 16.5. The van der Waals surface area contributed by atoms with Gasteiger partial charge in [0.15, 0.2) is 12.1 Å². The van der Waals surface area contributed by atoms with E-state index in [0.717, 1.165) is 55.1 Å². The van der Waals surface area contributed by atoms with Crippen LogP contribution >= 0.6 is 0 Å². The van der Waals surface area contributed by atoms with Gasteiger partial charge in [0.05, 0.1) is 25.1 Å². The van der Waals surface area contributed by atoms with Gasteiger partial charge in [0, 0.05) is 36.7 Å². The summed E-state index contributed by atoms with van der Waals surface area (Å²) in [6, 6.07) is 6.02. The third-order valence-electron chi connectivity index (χ3n) is 4.47. The molecular formula is C19H19N5O2. The molecular weight excluding hydrogens is 330 g/mol. The fraction of sp³-hybridized carbons (Fsp3) is 0.263. The maximum absolute atomic E-state index is 11.0. The average molecular weight is 349 g/mol. The van der Waals surface area contributed by atoms with Crippen LogP contribution in [0.3, 0.4) is 0 Å². The van der Waals surface area contributed by atoms with Gasteiger partial charge >= 0.3 is 0 Å². The van der Waals surface area contributed by atoms with Crippen molar-refractivity contribution in [2.24, 2.45) is 0 Å². The summed E-state index contributed by atoms with van der Waals surface area (Å²) in [6.45, 7) is 5.03. The zero-order valence-electron chi connectivity index (χ0n) is 14.5. The largest absolute Gasteiger partial charge is 0.378 e. The summed E-state index contributed by atoms with van der Waals surface area (Å²) in [4.78, 5) is 29.5. The van der Waals surface area contributed by atoms with Gasteiger partial charge in [-0.15, -0.1) is 0 Å². The first-order chi connectivity index (χ1) is 12.7. The Balaban J connectivity index is 1.67. The number of imidazole rings is 1. The Morgan fingerprint density at radius 2 is 2.04 bits per heavy atom. The van der Waals surface area contributed by atoms with Crippen molar-refractivity contribution in [3.05, 3.63) is 48.2 Å². The van der Waals surface area contributed by atoms with Crippen LogP contribution in [0.5, 0.6) is 0 Å². The van der Waals surface area contributed by atoms with Crippen molar-refractivity contribution in [2.45, 2.75) is 6.92 Å². The molecule has 0 bridgehead atoms. The van der Waals surface area contributed by atoms with E-state index in [9.17, 15) is 4.79 Å². The van der Waals surface area contributed by atoms with Gasteiger partial charge in [-0.2, -0.15) is 0 Å². The molecule has 0 radical (unpaired) electrons. The van der Waals surface area contributed by atoms with Crippen LogP contribution in [0.1, 0.15) is 16.2 Å². The number of aromatic nitrogens is 4. The van der Waals surface area contributed by atoms with E-state index in [2.05, 4.69) is 30.9 Å². The predicted molar refractivity (Wildman–Crippen MR) is 98.2 cm³/mol. The van der Waals surface area contributed by atoms with E-state index >= 15 is 0 Å². The molecule has 7 nitrogen and oxygen atoms in total. The molecule has 1 N–H and O–H groups in total. The van der Waals surface area contributed by atoms with Crippen LogP contribution in [0, 0.1) is 6.92 Å². The number of anilines is 1. The lowest BCUT2D eigenvalue weighted by Gasteiger charge is -2.28. The molecule has 4 rings (SSSR count). The van der Waals surface area contributed by atoms with E-state index in [0.29, 0.717) is 17.2 Å². The molecule has 132 valence electrons. The molecule has 1 fully saturated rings. The highest BCUT2D eigenvalue weighted by Gasteiger charge is 2.13. The molecule has 1 saturated heterocycles. The molecule has 3 aromatic heterocycles. The number of aryl methyl sites for hydroxylation is 1. The molecule has 0 aliphatic carbocycles. The minimum atomic E-state index is 0.406. The average Bonchev–Trinajstić information content (AvgIpc) is 3.10. The molecule has 0 saturated carbocycles. The topological polar surface area (TPSA) is 84.0 Å². The third-order valence-corrected chi connectivity index (χ3v) is 4.47. The summed E-state index contributed by atoms with van der Waals surface area (Å²) in [5.41, 5.74) is 4.92. The number of rotatable bonds is 4. The maximum Gasteiger partial charge on any atom is 0.170 e. The number of pyridine rings is 2. The Labute approximate surface area is 151 Å². The van der Waals surface area contributed by atoms with Gasteiger partial charge in [-0.1, -0.05) is 0 Å². The summed E-state index contributed by atoms with van der Waals surface area (Å²) in [5, 5.41) is 0. The van der Waals surface area contributed by atoms with Gasteiger partial charge in [0.25, 0.3) is 0 Å². The van der Waals surface area contributed by atoms with Crippen LogP contribution in [0.25, 0.3) is 22.6 Å². The van der Waals surface area contributed by atoms with Crippen LogP contribution < -0.4 is 4.90 Å². The summed E-state index contributed by atoms with van der Waals surface area (Å²) < 4.78 is 5.42. The summed E-state index contributed by atoms with van der Waals surface area (Å²) in [6.07, 6.45) is 6.20. The lowest BCUT2D eigenvalue weighted by atomic mass is 10.1. The molecule has 3 aromatic rings. The Morgan fingerprint density at radius 1 is 1.19 bits per heavy atom. The first-order valence-corrected chi connectivity index (χ1v) is 8.51. The molecule has 26 heavy (non-hydrogen) atoms. The van der Waals surface area contributed by atoms with Crippen LogP contribution in [0.2, 0.25) is 0 Å². The third kappa shape index (κ3) is 3.21. The number of ether oxygens (including phenoxy) is 1. The minimum Gasteiger partial charge on any atom is -0.378 e. The number of hydrogen-bond acceptors (Lipinski definition) is 6. The Bertz CT molecular complexity index is 931. The standard InChI is InChI=1S/C19H19N5O2/c1-13-18(12-25)23-19(22-13)17-9-14(2-3-21-17)15-8-16(11-20-10-15)24-4-6-26-7-5-24/h2-3,8-12H,4-7H2,1H3,(H,22,23). The van der Waals surface area contributed by atoms with Crippen molar-refractivity contribution in [2.75, 3.05) is 31.2 Å². The van der Waals surface area contributed by atoms with Gasteiger partial charge in [-0.05, 0) is 30.7 Å². The van der Waals surface area contributed by atoms with Crippen molar-refractivity contribution in [3.8, 4) is 22.6 Å². The Morgan fingerprint density at radius 3 is 2.81 bits per heavy atom. The molecule has 1 aliphatic rings. The number of nitrogens with one attached hydrogen (secondary N) is 1. The van der Waals surface area contributed by atoms with E-state index in [1.165, 1.54) is 0 Å². The highest BCUT2D eigenvalue weighted by Crippen LogP contribution is 2.26. The normalized spacial score (nSPS) is 14.4. The molecule has 0 aromatic carbocycles. The van der Waals surface area contributed by atoms with E-state index in [1.54, 1.807) is 6.20 Å². The number of carbonyl (C=O) groups excluding carboxylic acids is 1. The summed E-state index contributed by atoms with van der Waals surface area (Å²) >= 11 is 0. The fourth-order valence-corrected chi connectivity index (χ4v) is 3.03. The van der Waals surface area contributed by atoms with Crippen LogP contribution in [0.4, 0.5) is 5.69 Å². The van der Waals surface area contributed by atoms with Gasteiger partial charge in [0.2, 0.25) is 0 Å². The summed E-state index contributed by atoms with van der Waals surface area (Å²) in [7, 11) is 0. The lowest BCUT2D eigenvalue weighted by molar-refractivity contribution is 0.111. The molecule has 0 unspecified atom stereocenters. The fourth-order valence-electron chi connectivity index (χ4n) is 3.03. The predicted octanol–water partition coefficient (Wildman–Crippen LogP) is 2.49. The van der Waals surface area contributed by atoms with E-state index in [4.69, 9.17) is 4.74 Å². The summed E-state index contributed by atoms with van der Waals surface area (Å²) in [5.74, 6) is 0.587. The number of nitrogens with zero attached hydrogens (tertiary/aromatic N) is 4. The molecule has 0 atom stereocenters. The van der Waals surface area contributed by atoms with Gasteiger partial charge < -0.3 is 14.6 Å². The molecule has 4 heterocycles. The van der Waals surface area contributed by atoms with Crippen molar-refractivity contribution < 1.29 is 9.53 Å². The Kier molecular flexibility index (Phi) is 4.45. The Hall–Kier alpha value is -3.06. The molecule has 1 aliphatic heterocycles. The highest BCUT2D eigenvalue weighted by molar-refractivity contribution is 5.76. The van der Waals surface area contributed by atoms with Crippen LogP contribution in [0.15, 0.2) is 36.8 Å². The van der Waals surface area contributed by atoms with E-state index in [-0.39, 0.29) is 0 Å². The van der Waals surface area contributed by atoms with Crippen LogP contribution in [-0.4, -0.2) is 52.5 Å². The number of morpholine rings is 1. The van der Waals surface area contributed by atoms with Gasteiger partial charge in [-0.3, -0.25) is 14.8 Å². The smallest absolute Gasteiger partial charge is 0.170 e. The lowest BCUT2D eigenvalue weighted by Crippen LogP contribution is -2.36. The number of aldehydes is 1. The van der Waals surface area contributed by atoms with E-state index < -0.39 is 0 Å². The molecule has 7 heteroatoms. The van der Waals surface area contributed by atoms with Crippen molar-refractivity contribution in [1.29, 1.82) is 0 Å². The molecule has 0 spiro atoms. The van der Waals surface area contributed by atoms with Gasteiger partial charge in [0.1, 0.15) is 11.4 Å². The second kappa shape index (κ2) is 7.05. The van der Waals surface area contributed by atoms with Gasteiger partial charge in [-0.25, -0.2) is 4.98 Å². The second-order valence-electron chi connectivity index (χ2n) is 6.17. The number of H-pyrrole nitrogens is 1. The zero-order valence-corrected chi connectivity index (χ0v) is 14.5. The zero-order chi connectivity index (χ0) is 17.9. The second-order valence-corrected chi connectivity index (χ2v) is 6.17. The SMILES string of the molecule is Cc1[nH]c(-c2cc(-c3cncc(N4CCOCC4)c3)ccn2)nc1C=O.